The van der Waals surface area contributed by atoms with Gasteiger partial charge in [0.15, 0.2) is 0 Å². The van der Waals surface area contributed by atoms with Crippen LogP contribution in [0.15, 0.2) is 65.9 Å². The highest BCUT2D eigenvalue weighted by atomic mass is 28.3. The lowest BCUT2D eigenvalue weighted by molar-refractivity contribution is 1.55. The predicted octanol–water partition coefficient (Wildman–Crippen LogP) is 4.24. The van der Waals surface area contributed by atoms with Gasteiger partial charge in [-0.2, -0.15) is 0 Å². The number of rotatable bonds is 3. The second-order valence-corrected chi connectivity index (χ2v) is 9.85. The van der Waals surface area contributed by atoms with Crippen molar-refractivity contribution >= 4 is 19.3 Å². The maximum Gasteiger partial charge on any atom is 0.107 e. The van der Waals surface area contributed by atoms with Crippen molar-refractivity contribution in [2.45, 2.75) is 20.0 Å². The third-order valence-electron chi connectivity index (χ3n) is 3.66. The van der Waals surface area contributed by atoms with Gasteiger partial charge in [0.2, 0.25) is 0 Å². The number of hydrogen-bond donors (Lipinski definition) is 0. The maximum atomic E-state index is 2.41. The summed E-state index contributed by atoms with van der Waals surface area (Å²) in [7, 11) is -1.50. The first-order valence-electron chi connectivity index (χ1n) is 6.40. The van der Waals surface area contributed by atoms with E-state index in [0.717, 1.165) is 0 Å². The van der Waals surface area contributed by atoms with E-state index in [1.165, 1.54) is 15.9 Å². The van der Waals surface area contributed by atoms with Gasteiger partial charge < -0.3 is 0 Å². The molecule has 0 aliphatic heterocycles. The van der Waals surface area contributed by atoms with Crippen LogP contribution in [0.2, 0.25) is 13.1 Å². The average Bonchev–Trinajstić information content (AvgIpc) is 2.41. The van der Waals surface area contributed by atoms with E-state index < -0.39 is 8.07 Å². The third-order valence-corrected chi connectivity index (χ3v) is 7.56. The van der Waals surface area contributed by atoms with Crippen LogP contribution in [0.1, 0.15) is 12.5 Å². The molecule has 0 heterocycles. The second kappa shape index (κ2) is 5.36. The van der Waals surface area contributed by atoms with E-state index in [9.17, 15) is 0 Å². The summed E-state index contributed by atoms with van der Waals surface area (Å²) in [6, 6.07) is 21.5. The van der Waals surface area contributed by atoms with Crippen LogP contribution in [0.4, 0.5) is 0 Å². The molecule has 0 fully saturated rings. The number of benzene rings is 2. The Labute approximate surface area is 111 Å². The van der Waals surface area contributed by atoms with Crippen molar-refractivity contribution in [1.29, 1.82) is 0 Å². The van der Waals surface area contributed by atoms with Gasteiger partial charge >= 0.3 is 0 Å². The van der Waals surface area contributed by atoms with Crippen LogP contribution >= 0.6 is 0 Å². The average molecular weight is 252 g/mol. The Balaban J connectivity index is 2.33. The van der Waals surface area contributed by atoms with Gasteiger partial charge in [0.25, 0.3) is 0 Å². The van der Waals surface area contributed by atoms with Gasteiger partial charge in [0, 0.05) is 0 Å². The zero-order valence-corrected chi connectivity index (χ0v) is 12.4. The quantitative estimate of drug-likeness (QED) is 0.717. The summed E-state index contributed by atoms with van der Waals surface area (Å²) >= 11 is 0. The maximum absolute atomic E-state index is 2.41. The van der Waals surface area contributed by atoms with E-state index in [2.05, 4.69) is 86.8 Å². The zero-order valence-electron chi connectivity index (χ0n) is 11.4. The molecule has 1 heteroatoms. The summed E-state index contributed by atoms with van der Waals surface area (Å²) in [5.41, 5.74) is 1.30. The molecule has 2 rings (SSSR count). The van der Waals surface area contributed by atoms with E-state index >= 15 is 0 Å². The van der Waals surface area contributed by atoms with Crippen LogP contribution in [-0.4, -0.2) is 8.07 Å². The summed E-state index contributed by atoms with van der Waals surface area (Å²) in [5, 5.41) is 3.01. The molecule has 0 saturated carbocycles. The molecular formula is C17H20Si. The van der Waals surface area contributed by atoms with Gasteiger partial charge in [-0.15, -0.1) is 0 Å². The highest BCUT2D eigenvalue weighted by Gasteiger charge is 2.24. The summed E-state index contributed by atoms with van der Waals surface area (Å²) in [4.78, 5) is 0. The fourth-order valence-corrected chi connectivity index (χ4v) is 4.07. The van der Waals surface area contributed by atoms with Crippen molar-refractivity contribution in [2.75, 3.05) is 0 Å². The van der Waals surface area contributed by atoms with Gasteiger partial charge in [-0.3, -0.25) is 0 Å². The lowest BCUT2D eigenvalue weighted by atomic mass is 10.2. The molecule has 0 aliphatic rings. The van der Waals surface area contributed by atoms with Crippen molar-refractivity contribution in [3.8, 4) is 0 Å². The standard InChI is InChI=1S/C17H20Si/c1-15(14-16-10-6-4-7-11-16)18(2,3)17-12-8-5-9-13-17/h4-14H,1-3H3/b15-14-. The molecule has 0 spiro atoms. The Morgan fingerprint density at radius 2 is 1.33 bits per heavy atom. The smallest absolute Gasteiger partial charge is 0.0785 e. The molecule has 0 atom stereocenters. The normalized spacial score (nSPS) is 12.5. The highest BCUT2D eigenvalue weighted by Crippen LogP contribution is 2.17. The predicted molar refractivity (Wildman–Crippen MR) is 83.7 cm³/mol. The van der Waals surface area contributed by atoms with Crippen molar-refractivity contribution in [1.82, 2.24) is 0 Å². The summed E-state index contributed by atoms with van der Waals surface area (Å²) < 4.78 is 0. The minimum atomic E-state index is -1.50. The molecule has 92 valence electrons. The molecule has 0 saturated heterocycles. The van der Waals surface area contributed by atoms with E-state index in [4.69, 9.17) is 0 Å². The summed E-state index contributed by atoms with van der Waals surface area (Å²) in [6.45, 7) is 7.10. The molecular weight excluding hydrogens is 232 g/mol. The van der Waals surface area contributed by atoms with Crippen molar-refractivity contribution in [2.24, 2.45) is 0 Å². The first kappa shape index (κ1) is 12.8. The molecule has 2 aromatic rings. The third kappa shape index (κ3) is 2.80. The Hall–Kier alpha value is -1.60. The Kier molecular flexibility index (Phi) is 3.83. The van der Waals surface area contributed by atoms with E-state index in [-0.39, 0.29) is 0 Å². The SMILES string of the molecule is C/C(=C/c1ccccc1)[Si](C)(C)c1ccccc1. The van der Waals surface area contributed by atoms with Crippen LogP contribution in [0.5, 0.6) is 0 Å². The van der Waals surface area contributed by atoms with Crippen LogP contribution in [0.25, 0.3) is 6.08 Å². The monoisotopic (exact) mass is 252 g/mol. The molecule has 0 amide bonds. The molecule has 0 unspecified atom stereocenters. The molecule has 0 bridgehead atoms. The first-order chi connectivity index (χ1) is 8.60. The van der Waals surface area contributed by atoms with Gasteiger partial charge in [0.1, 0.15) is 8.07 Å². The molecule has 2 aromatic carbocycles. The molecule has 0 aliphatic carbocycles. The van der Waals surface area contributed by atoms with Crippen LogP contribution in [-0.2, 0) is 0 Å². The molecule has 0 radical (unpaired) electrons. The fourth-order valence-electron chi connectivity index (χ4n) is 2.06. The lowest BCUT2D eigenvalue weighted by Gasteiger charge is -2.24. The van der Waals surface area contributed by atoms with Crippen molar-refractivity contribution in [3.05, 3.63) is 71.4 Å². The molecule has 0 N–H and O–H groups in total. The van der Waals surface area contributed by atoms with E-state index in [0.29, 0.717) is 0 Å². The first-order valence-corrected chi connectivity index (χ1v) is 9.40. The van der Waals surface area contributed by atoms with Crippen molar-refractivity contribution in [3.63, 3.8) is 0 Å². The number of allylic oxidation sites excluding steroid dienone is 1. The lowest BCUT2D eigenvalue weighted by Crippen LogP contribution is -2.42. The minimum Gasteiger partial charge on any atom is -0.0785 e. The van der Waals surface area contributed by atoms with E-state index in [1.54, 1.807) is 0 Å². The van der Waals surface area contributed by atoms with Gasteiger partial charge in [0.05, 0.1) is 0 Å². The highest BCUT2D eigenvalue weighted by molar-refractivity contribution is 6.96. The number of hydrogen-bond acceptors (Lipinski definition) is 0. The van der Waals surface area contributed by atoms with Gasteiger partial charge in [-0.05, 0) is 12.5 Å². The van der Waals surface area contributed by atoms with Crippen LogP contribution in [0.3, 0.4) is 0 Å². The van der Waals surface area contributed by atoms with Crippen molar-refractivity contribution < 1.29 is 0 Å². The zero-order chi connectivity index (χ0) is 13.0. The Bertz CT molecular complexity index is 524. The van der Waals surface area contributed by atoms with Crippen LogP contribution in [0, 0.1) is 0 Å². The Morgan fingerprint density at radius 3 is 1.89 bits per heavy atom. The fraction of sp³-hybridized carbons (Fsp3) is 0.176. The second-order valence-electron chi connectivity index (χ2n) is 5.23. The minimum absolute atomic E-state index is 1.30. The van der Waals surface area contributed by atoms with E-state index in [1.807, 2.05) is 0 Å². The molecule has 0 aromatic heterocycles. The topological polar surface area (TPSA) is 0 Å². The van der Waals surface area contributed by atoms with Gasteiger partial charge in [-0.1, -0.05) is 90.2 Å². The molecule has 0 nitrogen and oxygen atoms in total. The summed E-state index contributed by atoms with van der Waals surface area (Å²) in [5.74, 6) is 0. The van der Waals surface area contributed by atoms with Gasteiger partial charge in [-0.25, -0.2) is 0 Å². The largest absolute Gasteiger partial charge is 0.107 e. The summed E-state index contributed by atoms with van der Waals surface area (Å²) in [6.07, 6.45) is 2.33. The Morgan fingerprint density at radius 1 is 0.833 bits per heavy atom. The van der Waals surface area contributed by atoms with Crippen LogP contribution < -0.4 is 5.19 Å². The molecule has 18 heavy (non-hydrogen) atoms.